The molecule has 110 valence electrons. The number of nitrogens with two attached hydrogens (primary N) is 2. The zero-order chi connectivity index (χ0) is 15.3. The van der Waals surface area contributed by atoms with Crippen molar-refractivity contribution in [2.75, 3.05) is 5.73 Å². The zero-order valence-electron chi connectivity index (χ0n) is 12.0. The molecule has 0 unspecified atom stereocenters. The van der Waals surface area contributed by atoms with Crippen molar-refractivity contribution in [3.63, 3.8) is 0 Å². The molecule has 1 aliphatic heterocycles. The molecule has 6 nitrogen and oxygen atoms in total. The molecule has 0 spiro atoms. The predicted molar refractivity (Wildman–Crippen MR) is 77.9 cm³/mol. The first-order chi connectivity index (χ1) is 8.94. The molecule has 4 N–H and O–H groups in total. The van der Waals surface area contributed by atoms with Crippen molar-refractivity contribution in [3.05, 3.63) is 18.2 Å². The average Bonchev–Trinajstić information content (AvgIpc) is 2.47. The third-order valence-corrected chi connectivity index (χ3v) is 4.84. The van der Waals surface area contributed by atoms with Gasteiger partial charge in [0, 0.05) is 0 Å². The molecule has 8 heteroatoms. The van der Waals surface area contributed by atoms with Gasteiger partial charge < -0.3 is 15.0 Å². The van der Waals surface area contributed by atoms with Gasteiger partial charge in [-0.05, 0) is 45.3 Å². The van der Waals surface area contributed by atoms with Crippen molar-refractivity contribution in [2.45, 2.75) is 43.8 Å². The summed E-state index contributed by atoms with van der Waals surface area (Å²) in [6.45, 7) is 7.69. The van der Waals surface area contributed by atoms with Crippen LogP contribution in [0.3, 0.4) is 0 Å². The fraction of sp³-hybridized carbons (Fsp3) is 0.500. The van der Waals surface area contributed by atoms with Crippen LogP contribution in [0.2, 0.25) is 0 Å². The molecule has 1 heterocycles. The fourth-order valence-electron chi connectivity index (χ4n) is 1.92. The van der Waals surface area contributed by atoms with Crippen molar-refractivity contribution in [2.24, 2.45) is 5.14 Å². The Kier molecular flexibility index (Phi) is 3.41. The highest BCUT2D eigenvalue weighted by Gasteiger charge is 2.51. The van der Waals surface area contributed by atoms with Crippen LogP contribution in [0.15, 0.2) is 23.1 Å². The lowest BCUT2D eigenvalue weighted by atomic mass is 9.79. The molecule has 1 aliphatic rings. The maximum atomic E-state index is 11.5. The summed E-state index contributed by atoms with van der Waals surface area (Å²) < 4.78 is 34.7. The van der Waals surface area contributed by atoms with Gasteiger partial charge in [-0.1, -0.05) is 6.07 Å². The van der Waals surface area contributed by atoms with E-state index in [0.717, 1.165) is 0 Å². The Morgan fingerprint density at radius 2 is 1.60 bits per heavy atom. The summed E-state index contributed by atoms with van der Waals surface area (Å²) in [6, 6.07) is 4.55. The second-order valence-corrected chi connectivity index (χ2v) is 7.46. The summed E-state index contributed by atoms with van der Waals surface area (Å²) in [7, 11) is -4.53. The van der Waals surface area contributed by atoms with E-state index in [1.165, 1.54) is 12.1 Å². The van der Waals surface area contributed by atoms with Crippen LogP contribution in [0.1, 0.15) is 27.7 Å². The largest absolute Gasteiger partial charge is 0.494 e. The standard InChI is InChI=1S/C12H19BN2O4S/c1-11(2)12(3,4)19-13(18-11)8-5-6-9(14)10(7-8)20(15,16)17/h5-7H,14H2,1-4H3,(H2,15,16,17). The lowest BCUT2D eigenvalue weighted by molar-refractivity contribution is 0.00578. The smallest absolute Gasteiger partial charge is 0.399 e. The van der Waals surface area contributed by atoms with Crippen LogP contribution in [-0.4, -0.2) is 26.7 Å². The van der Waals surface area contributed by atoms with Gasteiger partial charge >= 0.3 is 7.12 Å². The second-order valence-electron chi connectivity index (χ2n) is 5.93. The lowest BCUT2D eigenvalue weighted by Gasteiger charge is -2.32. The number of sulfonamides is 1. The first-order valence-electron chi connectivity index (χ1n) is 6.22. The van der Waals surface area contributed by atoms with Gasteiger partial charge in [0.1, 0.15) is 4.90 Å². The van der Waals surface area contributed by atoms with Crippen molar-refractivity contribution < 1.29 is 17.7 Å². The quantitative estimate of drug-likeness (QED) is 0.600. The maximum absolute atomic E-state index is 11.5. The normalized spacial score (nSPS) is 21.1. The van der Waals surface area contributed by atoms with Gasteiger partial charge in [-0.25, -0.2) is 13.6 Å². The lowest BCUT2D eigenvalue weighted by Crippen LogP contribution is -2.41. The first kappa shape index (κ1) is 15.3. The number of hydrogen-bond acceptors (Lipinski definition) is 5. The number of nitrogen functional groups attached to an aromatic ring is 1. The van der Waals surface area contributed by atoms with E-state index in [2.05, 4.69) is 0 Å². The number of rotatable bonds is 2. The Hall–Kier alpha value is -1.09. The van der Waals surface area contributed by atoms with Crippen LogP contribution in [0.4, 0.5) is 5.69 Å². The van der Waals surface area contributed by atoms with Crippen LogP contribution in [-0.2, 0) is 19.3 Å². The molecular weight excluding hydrogens is 279 g/mol. The number of benzene rings is 1. The van der Waals surface area contributed by atoms with Crippen LogP contribution in [0.5, 0.6) is 0 Å². The molecule has 0 aliphatic carbocycles. The highest BCUT2D eigenvalue weighted by molar-refractivity contribution is 7.89. The molecule has 0 radical (unpaired) electrons. The topological polar surface area (TPSA) is 105 Å². The van der Waals surface area contributed by atoms with E-state index >= 15 is 0 Å². The maximum Gasteiger partial charge on any atom is 0.494 e. The van der Waals surface area contributed by atoms with Gasteiger partial charge in [0.2, 0.25) is 10.0 Å². The monoisotopic (exact) mass is 298 g/mol. The Balaban J connectivity index is 2.42. The van der Waals surface area contributed by atoms with Gasteiger partial charge in [0.25, 0.3) is 0 Å². The zero-order valence-corrected chi connectivity index (χ0v) is 12.8. The van der Waals surface area contributed by atoms with Crippen molar-refractivity contribution in [1.29, 1.82) is 0 Å². The van der Waals surface area contributed by atoms with E-state index < -0.39 is 28.3 Å². The molecule has 0 amide bonds. The van der Waals surface area contributed by atoms with E-state index in [1.54, 1.807) is 6.07 Å². The third-order valence-electron chi connectivity index (χ3n) is 3.87. The average molecular weight is 298 g/mol. The van der Waals surface area contributed by atoms with Gasteiger partial charge in [-0.2, -0.15) is 0 Å². The van der Waals surface area contributed by atoms with Gasteiger partial charge in [0.15, 0.2) is 0 Å². The minimum atomic E-state index is -3.88. The Morgan fingerprint density at radius 1 is 1.10 bits per heavy atom. The highest BCUT2D eigenvalue weighted by atomic mass is 32.2. The predicted octanol–water partition coefficient (Wildman–Crippen LogP) is 0.215. The van der Waals surface area contributed by atoms with Crippen LogP contribution >= 0.6 is 0 Å². The summed E-state index contributed by atoms with van der Waals surface area (Å²) >= 11 is 0. The molecular formula is C12H19BN2O4S. The molecule has 20 heavy (non-hydrogen) atoms. The van der Waals surface area contributed by atoms with Crippen LogP contribution in [0, 0.1) is 0 Å². The Morgan fingerprint density at radius 3 is 2.05 bits per heavy atom. The van der Waals surface area contributed by atoms with Gasteiger partial charge in [0.05, 0.1) is 16.9 Å². The van der Waals surface area contributed by atoms with Crippen molar-refractivity contribution in [3.8, 4) is 0 Å². The van der Waals surface area contributed by atoms with E-state index in [9.17, 15) is 8.42 Å². The highest BCUT2D eigenvalue weighted by Crippen LogP contribution is 2.36. The Bertz CT molecular complexity index is 627. The van der Waals surface area contributed by atoms with E-state index in [0.29, 0.717) is 5.46 Å². The molecule has 1 saturated heterocycles. The molecule has 0 aromatic heterocycles. The van der Waals surface area contributed by atoms with Crippen molar-refractivity contribution in [1.82, 2.24) is 0 Å². The second kappa shape index (κ2) is 4.46. The summed E-state index contributed by atoms with van der Waals surface area (Å²) in [5, 5.41) is 5.14. The molecule has 0 saturated carbocycles. The SMILES string of the molecule is CC1(C)OB(c2ccc(N)c(S(N)(=O)=O)c2)OC1(C)C. The van der Waals surface area contributed by atoms with Crippen molar-refractivity contribution >= 4 is 28.3 Å². The van der Waals surface area contributed by atoms with Crippen LogP contribution in [0.25, 0.3) is 0 Å². The summed E-state index contributed by atoms with van der Waals surface area (Å²) in [5.74, 6) is 0. The fourth-order valence-corrected chi connectivity index (χ4v) is 2.62. The number of hydrogen-bond donors (Lipinski definition) is 2. The molecule has 1 fully saturated rings. The number of anilines is 1. The first-order valence-corrected chi connectivity index (χ1v) is 7.76. The summed E-state index contributed by atoms with van der Waals surface area (Å²) in [4.78, 5) is -0.121. The molecule has 0 bridgehead atoms. The summed E-state index contributed by atoms with van der Waals surface area (Å²) in [5.41, 5.74) is 5.32. The Labute approximate surface area is 119 Å². The van der Waals surface area contributed by atoms with Gasteiger partial charge in [-0.15, -0.1) is 0 Å². The minimum absolute atomic E-state index is 0.104. The van der Waals surface area contributed by atoms with Crippen LogP contribution < -0.4 is 16.3 Å². The van der Waals surface area contributed by atoms with E-state index in [4.69, 9.17) is 20.2 Å². The summed E-state index contributed by atoms with van der Waals surface area (Å²) in [6.07, 6.45) is 0. The molecule has 1 aromatic carbocycles. The molecule has 1 aromatic rings. The minimum Gasteiger partial charge on any atom is -0.399 e. The third kappa shape index (κ3) is 2.56. The van der Waals surface area contributed by atoms with E-state index in [-0.39, 0.29) is 10.6 Å². The van der Waals surface area contributed by atoms with E-state index in [1.807, 2.05) is 27.7 Å². The van der Waals surface area contributed by atoms with Gasteiger partial charge in [-0.3, -0.25) is 0 Å². The molecule has 2 rings (SSSR count). The number of primary sulfonamides is 1. The molecule has 0 atom stereocenters.